The van der Waals surface area contributed by atoms with Gasteiger partial charge in [-0.05, 0) is 18.9 Å². The third-order valence-electron chi connectivity index (χ3n) is 4.05. The first kappa shape index (κ1) is 15.7. The molecule has 0 bridgehead atoms. The molecule has 2 aromatic rings. The highest BCUT2D eigenvalue weighted by Crippen LogP contribution is 2.28. The van der Waals surface area contributed by atoms with E-state index in [2.05, 4.69) is 15.9 Å². The second-order valence-corrected chi connectivity index (χ2v) is 5.70. The molecule has 122 valence electrons. The number of nitrogens with one attached hydrogen (secondary N) is 1. The molecule has 3 heterocycles. The van der Waals surface area contributed by atoms with Crippen LogP contribution in [0.25, 0.3) is 11.0 Å². The zero-order valence-corrected chi connectivity index (χ0v) is 12.6. The predicted molar refractivity (Wildman–Crippen MR) is 83.7 cm³/mol. The van der Waals surface area contributed by atoms with Gasteiger partial charge in [-0.15, -0.1) is 12.3 Å². The van der Waals surface area contributed by atoms with Crippen LogP contribution in [0.1, 0.15) is 31.2 Å². The Morgan fingerprint density at radius 3 is 3.09 bits per heavy atom. The van der Waals surface area contributed by atoms with E-state index in [0.717, 1.165) is 23.9 Å². The van der Waals surface area contributed by atoms with E-state index < -0.39 is 24.1 Å². The monoisotopic (exact) mass is 317 g/mol. The van der Waals surface area contributed by atoms with Gasteiger partial charge in [0, 0.05) is 30.1 Å². The van der Waals surface area contributed by atoms with Crippen LogP contribution in [0.2, 0.25) is 0 Å². The number of aliphatic hydroxyl groups excluding tert-OH is 2. The van der Waals surface area contributed by atoms with Crippen LogP contribution < -0.4 is 5.69 Å². The molecule has 1 aliphatic heterocycles. The Morgan fingerprint density at radius 2 is 2.39 bits per heavy atom. The van der Waals surface area contributed by atoms with Crippen molar-refractivity contribution in [3.05, 3.63) is 28.4 Å². The largest absolute Gasteiger partial charge is 0.394 e. The van der Waals surface area contributed by atoms with Gasteiger partial charge >= 0.3 is 5.69 Å². The van der Waals surface area contributed by atoms with Gasteiger partial charge in [-0.2, -0.15) is 4.98 Å². The second kappa shape index (κ2) is 6.54. The molecule has 2 aromatic heterocycles. The first-order chi connectivity index (χ1) is 11.1. The zero-order chi connectivity index (χ0) is 16.4. The lowest BCUT2D eigenvalue weighted by atomic mass is 10.2. The molecule has 1 fully saturated rings. The molecule has 0 amide bonds. The van der Waals surface area contributed by atoms with Crippen molar-refractivity contribution >= 4 is 11.0 Å². The van der Waals surface area contributed by atoms with E-state index in [1.54, 1.807) is 6.20 Å². The van der Waals surface area contributed by atoms with Crippen molar-refractivity contribution < 1.29 is 14.9 Å². The highest BCUT2D eigenvalue weighted by molar-refractivity contribution is 5.75. The SMILES string of the molecule is C#CCCCc1cc2cn([C@H]3C[C@H](O)[C@@H](CO)O3)c(=O)nc2[nH]1. The van der Waals surface area contributed by atoms with Crippen molar-refractivity contribution in [1.82, 2.24) is 14.5 Å². The summed E-state index contributed by atoms with van der Waals surface area (Å²) >= 11 is 0. The van der Waals surface area contributed by atoms with Crippen LogP contribution in [-0.4, -0.2) is 43.6 Å². The van der Waals surface area contributed by atoms with Crippen molar-refractivity contribution in [3.63, 3.8) is 0 Å². The third-order valence-corrected chi connectivity index (χ3v) is 4.05. The molecule has 3 N–H and O–H groups in total. The minimum Gasteiger partial charge on any atom is -0.394 e. The number of fused-ring (bicyclic) bond motifs is 1. The molecule has 0 aromatic carbocycles. The normalized spacial score (nSPS) is 24.1. The van der Waals surface area contributed by atoms with Gasteiger partial charge in [-0.25, -0.2) is 4.79 Å². The summed E-state index contributed by atoms with van der Waals surface area (Å²) in [6.45, 7) is -0.286. The number of hydrogen-bond acceptors (Lipinski definition) is 5. The van der Waals surface area contributed by atoms with E-state index in [9.17, 15) is 9.90 Å². The zero-order valence-electron chi connectivity index (χ0n) is 12.6. The molecule has 0 aliphatic carbocycles. The molecular weight excluding hydrogens is 298 g/mol. The first-order valence-corrected chi connectivity index (χ1v) is 7.61. The van der Waals surface area contributed by atoms with Crippen LogP contribution in [0.3, 0.4) is 0 Å². The average Bonchev–Trinajstić information content (AvgIpc) is 3.09. The molecule has 7 nitrogen and oxygen atoms in total. The Morgan fingerprint density at radius 1 is 1.57 bits per heavy atom. The number of H-pyrrole nitrogens is 1. The van der Waals surface area contributed by atoms with Crippen molar-refractivity contribution in [2.75, 3.05) is 6.61 Å². The summed E-state index contributed by atoms with van der Waals surface area (Å²) in [6.07, 6.45) is 7.43. The number of terminal acetylenes is 1. The van der Waals surface area contributed by atoms with E-state index in [4.69, 9.17) is 16.3 Å². The summed E-state index contributed by atoms with van der Waals surface area (Å²) in [7, 11) is 0. The van der Waals surface area contributed by atoms with E-state index in [1.165, 1.54) is 4.57 Å². The van der Waals surface area contributed by atoms with Crippen LogP contribution in [0, 0.1) is 12.3 Å². The number of aryl methyl sites for hydroxylation is 1. The molecule has 3 atom stereocenters. The van der Waals surface area contributed by atoms with Crippen molar-refractivity contribution in [2.45, 2.75) is 44.1 Å². The Balaban J connectivity index is 1.86. The van der Waals surface area contributed by atoms with Gasteiger partial charge in [-0.3, -0.25) is 4.57 Å². The summed E-state index contributed by atoms with van der Waals surface area (Å²) in [4.78, 5) is 19.3. The summed E-state index contributed by atoms with van der Waals surface area (Å²) in [5.74, 6) is 2.60. The predicted octanol–water partition coefficient (Wildman–Crippen LogP) is 0.321. The van der Waals surface area contributed by atoms with Crippen LogP contribution in [-0.2, 0) is 11.2 Å². The van der Waals surface area contributed by atoms with Crippen molar-refractivity contribution in [1.29, 1.82) is 0 Å². The van der Waals surface area contributed by atoms with Gasteiger partial charge in [0.1, 0.15) is 18.0 Å². The number of aromatic nitrogens is 3. The van der Waals surface area contributed by atoms with Gasteiger partial charge < -0.3 is 19.9 Å². The number of aliphatic hydroxyl groups is 2. The molecule has 1 saturated heterocycles. The summed E-state index contributed by atoms with van der Waals surface area (Å²) in [5.41, 5.74) is 1.05. The molecule has 0 unspecified atom stereocenters. The van der Waals surface area contributed by atoms with Gasteiger partial charge in [0.2, 0.25) is 0 Å². The maximum absolute atomic E-state index is 12.2. The highest BCUT2D eigenvalue weighted by atomic mass is 16.5. The van der Waals surface area contributed by atoms with Gasteiger partial charge in [0.25, 0.3) is 0 Å². The number of ether oxygens (including phenoxy) is 1. The van der Waals surface area contributed by atoms with E-state index in [1.807, 2.05) is 6.07 Å². The van der Waals surface area contributed by atoms with E-state index in [0.29, 0.717) is 12.1 Å². The fraction of sp³-hybridized carbons (Fsp3) is 0.500. The number of nitrogens with zero attached hydrogens (tertiary/aromatic N) is 2. The summed E-state index contributed by atoms with van der Waals surface area (Å²) < 4.78 is 6.88. The average molecular weight is 317 g/mol. The topological polar surface area (TPSA) is 100 Å². The first-order valence-electron chi connectivity index (χ1n) is 7.61. The minimum atomic E-state index is -0.793. The standard InChI is InChI=1S/C16H19N3O4/c1-2-3-4-5-11-6-10-8-19(16(22)18-15(10)17-11)14-7-12(21)13(9-20)23-14/h1,6,8,12-14,20-21H,3-5,7,9H2,(H,17,18,22)/t12-,13+,14+/m0/s1. The Bertz CT molecular complexity index is 789. The molecule has 0 saturated carbocycles. The quantitative estimate of drug-likeness (QED) is 0.545. The number of aromatic amines is 1. The summed E-state index contributed by atoms with van der Waals surface area (Å²) in [5, 5.41) is 19.7. The Kier molecular flexibility index (Phi) is 4.48. The molecule has 1 aliphatic rings. The maximum atomic E-state index is 12.2. The molecule has 0 spiro atoms. The van der Waals surface area contributed by atoms with Crippen LogP contribution in [0.5, 0.6) is 0 Å². The fourth-order valence-corrected chi connectivity index (χ4v) is 2.84. The molecule has 0 radical (unpaired) electrons. The number of rotatable bonds is 5. The van der Waals surface area contributed by atoms with Crippen molar-refractivity contribution in [3.8, 4) is 12.3 Å². The summed E-state index contributed by atoms with van der Waals surface area (Å²) in [6, 6.07) is 1.93. The van der Waals surface area contributed by atoms with E-state index >= 15 is 0 Å². The molecule has 23 heavy (non-hydrogen) atoms. The fourth-order valence-electron chi connectivity index (χ4n) is 2.84. The van der Waals surface area contributed by atoms with Gasteiger partial charge in [0.15, 0.2) is 0 Å². The van der Waals surface area contributed by atoms with E-state index in [-0.39, 0.29) is 13.0 Å². The van der Waals surface area contributed by atoms with Crippen LogP contribution >= 0.6 is 0 Å². The van der Waals surface area contributed by atoms with Gasteiger partial charge in [0.05, 0.1) is 12.7 Å². The Hall–Kier alpha value is -2.14. The highest BCUT2D eigenvalue weighted by Gasteiger charge is 2.35. The number of hydrogen-bond donors (Lipinski definition) is 3. The van der Waals surface area contributed by atoms with Crippen molar-refractivity contribution in [2.24, 2.45) is 0 Å². The second-order valence-electron chi connectivity index (χ2n) is 5.70. The smallest absolute Gasteiger partial charge is 0.351 e. The Labute approximate surface area is 132 Å². The minimum absolute atomic E-state index is 0.248. The third kappa shape index (κ3) is 3.15. The molecular formula is C16H19N3O4. The molecule has 7 heteroatoms. The lowest BCUT2D eigenvalue weighted by Crippen LogP contribution is -2.27. The van der Waals surface area contributed by atoms with Crippen LogP contribution in [0.15, 0.2) is 17.1 Å². The molecule has 3 rings (SSSR count). The lowest BCUT2D eigenvalue weighted by Gasteiger charge is -2.14. The maximum Gasteiger partial charge on any atom is 0.351 e. The van der Waals surface area contributed by atoms with Gasteiger partial charge in [-0.1, -0.05) is 0 Å². The number of unbranched alkanes of at least 4 members (excludes halogenated alkanes) is 1. The van der Waals surface area contributed by atoms with Crippen LogP contribution in [0.4, 0.5) is 0 Å². The lowest BCUT2D eigenvalue weighted by molar-refractivity contribution is -0.0457.